The summed E-state index contributed by atoms with van der Waals surface area (Å²) < 4.78 is 28.9. The van der Waals surface area contributed by atoms with Gasteiger partial charge in [0.15, 0.2) is 0 Å². The normalized spacial score (nSPS) is 30.2. The Morgan fingerprint density at radius 3 is 1.92 bits per heavy atom. The number of ether oxygens (including phenoxy) is 1. The van der Waals surface area contributed by atoms with Crippen molar-refractivity contribution in [1.29, 1.82) is 0 Å². The van der Waals surface area contributed by atoms with Gasteiger partial charge in [-0.05, 0) is 50.0 Å². The van der Waals surface area contributed by atoms with E-state index in [9.17, 15) is 0 Å². The van der Waals surface area contributed by atoms with Crippen molar-refractivity contribution in [2.24, 2.45) is 16.7 Å². The van der Waals surface area contributed by atoms with Gasteiger partial charge in [0.1, 0.15) is 6.10 Å². The smallest absolute Gasteiger partial charge is 0 e. The Balaban J connectivity index is 0. The second-order valence-electron chi connectivity index (χ2n) is 7.36. The minimum Gasteiger partial charge on any atom is 0 e. The fourth-order valence-electron chi connectivity index (χ4n) is 4.31. The van der Waals surface area contributed by atoms with Gasteiger partial charge in [-0.25, -0.2) is 0 Å². The summed E-state index contributed by atoms with van der Waals surface area (Å²) in [6, 6.07) is 0. The molecule has 2 bridgehead atoms. The predicted octanol–water partition coefficient (Wildman–Crippen LogP) is 4.73. The Morgan fingerprint density at radius 2 is 1.56 bits per heavy atom. The molecule has 0 aromatic rings. The summed E-state index contributed by atoms with van der Waals surface area (Å²) in [5, 5.41) is 0. The van der Waals surface area contributed by atoms with E-state index >= 15 is 0 Å². The van der Waals surface area contributed by atoms with Gasteiger partial charge in [-0.3, -0.25) is 0 Å². The van der Waals surface area contributed by atoms with Crippen LogP contribution in [0.5, 0.6) is 0 Å². The number of hydrogen-bond acceptors (Lipinski definition) is 1. The van der Waals surface area contributed by atoms with E-state index in [0.29, 0.717) is 16.9 Å². The minimum absolute atomic E-state index is 0. The van der Waals surface area contributed by atoms with Crippen LogP contribution in [0.2, 0.25) is 0 Å². The molecule has 25 heavy (non-hydrogen) atoms. The van der Waals surface area contributed by atoms with Crippen molar-refractivity contribution in [3.05, 3.63) is 43.4 Å². The fraction of sp³-hybridized carbons (Fsp3) is 0.650. The molecule has 3 aliphatic carbocycles. The van der Waals surface area contributed by atoms with Gasteiger partial charge in [0.2, 0.25) is 0 Å². The van der Waals surface area contributed by atoms with Crippen molar-refractivity contribution in [2.75, 3.05) is 0 Å². The van der Waals surface area contributed by atoms with Gasteiger partial charge in [-0.15, -0.1) is 0 Å². The Hall–Kier alpha value is -0.981. The maximum Gasteiger partial charge on any atom is 0 e. The molecule has 0 aromatic carbocycles. The van der Waals surface area contributed by atoms with Crippen molar-refractivity contribution >= 4 is 0 Å². The van der Waals surface area contributed by atoms with Gasteiger partial charge in [-0.1, -0.05) is 32.4 Å². The summed E-state index contributed by atoms with van der Waals surface area (Å²) in [6.07, 6.45) is 11.1. The second kappa shape index (κ2) is 11.6. The number of rotatable bonds is 2. The Bertz CT molecular complexity index is 527. The van der Waals surface area contributed by atoms with E-state index in [1.54, 1.807) is 0 Å². The Kier molecular flexibility index (Phi) is 12.2. The largest absolute Gasteiger partial charge is 0 e. The van der Waals surface area contributed by atoms with Crippen LogP contribution >= 0.6 is 0 Å². The number of fused-ring (bicyclic) bond motifs is 2. The van der Waals surface area contributed by atoms with E-state index in [4.69, 9.17) is 18.7 Å². The quantitative estimate of drug-likeness (QED) is 0.384. The van der Waals surface area contributed by atoms with Crippen LogP contribution in [0.25, 0.3) is 0 Å². The third-order valence-electron chi connectivity index (χ3n) is 6.33. The molecule has 3 aliphatic rings. The van der Waals surface area contributed by atoms with Crippen LogP contribution in [-0.2, 0) is 35.8 Å². The van der Waals surface area contributed by atoms with E-state index in [1.807, 2.05) is 0 Å². The van der Waals surface area contributed by atoms with Crippen LogP contribution in [0.1, 0.15) is 59.8 Å². The first-order valence-corrected chi connectivity index (χ1v) is 8.08. The standard InChI is InChI=1S/C17H26O.3CO.Fe/c1-12-5-7-14(8-6-12)18-15-11-13-9-10-17(15,4)16(13,2)3;3*1-2;/h5,7,13,15H,6,8-11H2,1-4H3;;;;/t13-,15+,17+;;;;/m0..../s1. The number of allylic oxidation sites excluding steroid dienone is 4. The minimum atomic E-state index is 0. The molecule has 0 aliphatic heterocycles. The first-order chi connectivity index (χ1) is 11.4. The van der Waals surface area contributed by atoms with Crippen LogP contribution in [-0.4, -0.2) is 6.10 Å². The van der Waals surface area contributed by atoms with E-state index in [2.05, 4.69) is 59.8 Å². The van der Waals surface area contributed by atoms with Gasteiger partial charge in [-0.2, -0.15) is 0 Å². The molecule has 5 heteroatoms. The zero-order valence-electron chi connectivity index (χ0n) is 15.3. The van der Waals surface area contributed by atoms with Gasteiger partial charge < -0.3 is 4.74 Å². The van der Waals surface area contributed by atoms with Crippen LogP contribution in [0, 0.1) is 36.7 Å². The van der Waals surface area contributed by atoms with Crippen molar-refractivity contribution in [1.82, 2.24) is 0 Å². The topological polar surface area (TPSA) is 68.9 Å². The predicted molar refractivity (Wildman–Crippen MR) is 87.0 cm³/mol. The Morgan fingerprint density at radius 1 is 1.00 bits per heavy atom. The first kappa shape index (κ1) is 26.3. The molecular formula is C20H26FeO4. The summed E-state index contributed by atoms with van der Waals surface area (Å²) in [5.41, 5.74) is 2.31. The van der Waals surface area contributed by atoms with Crippen LogP contribution < -0.4 is 0 Å². The van der Waals surface area contributed by atoms with E-state index in [-0.39, 0.29) is 17.1 Å². The van der Waals surface area contributed by atoms with Crippen molar-refractivity contribution in [3.63, 3.8) is 0 Å². The second-order valence-corrected chi connectivity index (χ2v) is 7.36. The molecule has 3 rings (SSSR count). The summed E-state index contributed by atoms with van der Waals surface area (Å²) in [6.45, 7) is 23.1. The molecule has 2 saturated carbocycles. The van der Waals surface area contributed by atoms with Gasteiger partial charge >= 0.3 is 33.9 Å². The molecule has 0 unspecified atom stereocenters. The Labute approximate surface area is 162 Å². The summed E-state index contributed by atoms with van der Waals surface area (Å²) in [7, 11) is 0. The van der Waals surface area contributed by atoms with Gasteiger partial charge in [0.25, 0.3) is 0 Å². The molecule has 0 heterocycles. The van der Waals surface area contributed by atoms with E-state index in [1.165, 1.54) is 37.0 Å². The average Bonchev–Trinajstić information content (AvgIpc) is 2.96. The fourth-order valence-corrected chi connectivity index (χ4v) is 4.31. The maximum atomic E-state index is 7.50. The molecule has 0 aromatic heterocycles. The zero-order chi connectivity index (χ0) is 19.0. The van der Waals surface area contributed by atoms with Crippen molar-refractivity contribution in [2.45, 2.75) is 65.9 Å². The molecule has 3 atom stereocenters. The molecule has 138 valence electrons. The van der Waals surface area contributed by atoms with E-state index in [0.717, 1.165) is 12.3 Å². The third kappa shape index (κ3) is 5.25. The molecule has 0 N–H and O–H groups in total. The summed E-state index contributed by atoms with van der Waals surface area (Å²) in [5.74, 6) is 2.09. The van der Waals surface area contributed by atoms with Crippen LogP contribution in [0.4, 0.5) is 0 Å². The maximum absolute atomic E-state index is 7.50. The average molecular weight is 386 g/mol. The van der Waals surface area contributed by atoms with Gasteiger partial charge in [0, 0.05) is 28.9 Å². The van der Waals surface area contributed by atoms with Gasteiger partial charge in [0.05, 0.1) is 5.76 Å². The molecule has 0 saturated heterocycles. The molecule has 2 fully saturated rings. The van der Waals surface area contributed by atoms with Crippen LogP contribution in [0.15, 0.2) is 23.5 Å². The van der Waals surface area contributed by atoms with Crippen molar-refractivity contribution < 1.29 is 35.8 Å². The first-order valence-electron chi connectivity index (χ1n) is 8.08. The number of hydrogen-bond donors (Lipinski definition) is 0. The third-order valence-corrected chi connectivity index (χ3v) is 6.33. The van der Waals surface area contributed by atoms with Crippen LogP contribution in [0.3, 0.4) is 0 Å². The molecule has 4 nitrogen and oxygen atoms in total. The molecule has 0 radical (unpaired) electrons. The zero-order valence-corrected chi connectivity index (χ0v) is 16.4. The van der Waals surface area contributed by atoms with Crippen molar-refractivity contribution in [3.8, 4) is 0 Å². The molecule has 0 amide bonds. The monoisotopic (exact) mass is 386 g/mol. The van der Waals surface area contributed by atoms with E-state index < -0.39 is 0 Å². The molecular weight excluding hydrogens is 360 g/mol. The summed E-state index contributed by atoms with van der Waals surface area (Å²) in [4.78, 5) is 0. The molecule has 0 spiro atoms. The SMILES string of the molecule is CC1=CC=C(O[C@@H]2C[C@@H]3CC[C@@]2(C)C3(C)C)CC1.[C-]#[O+].[C-]#[O+].[C-]#[O+].[Fe]. The summed E-state index contributed by atoms with van der Waals surface area (Å²) >= 11 is 0.